The lowest BCUT2D eigenvalue weighted by atomic mass is 9.33. The van der Waals surface area contributed by atoms with E-state index >= 15 is 0 Å². The van der Waals surface area contributed by atoms with E-state index < -0.39 is 11.2 Å². The maximum absolute atomic E-state index is 12.1. The third-order valence-electron chi connectivity index (χ3n) is 11.0. The van der Waals surface area contributed by atoms with Crippen molar-refractivity contribution >= 4 is 0 Å². The molecule has 4 aliphatic carbocycles. The fraction of sp³-hybridized carbons (Fsp3) is 0.778. The fourth-order valence-electron chi connectivity index (χ4n) is 9.01. The Morgan fingerprint density at radius 1 is 1.12 bits per heavy atom. The second-order valence-electron chi connectivity index (χ2n) is 12.5. The maximum Gasteiger partial charge on any atom is 0.165 e. The molecular formula is C27H39NO4. The van der Waals surface area contributed by atoms with Crippen molar-refractivity contribution in [1.82, 2.24) is 4.90 Å². The third-order valence-corrected chi connectivity index (χ3v) is 11.0. The molecule has 6 aliphatic rings. The Bertz CT molecular complexity index is 983. The van der Waals surface area contributed by atoms with Gasteiger partial charge < -0.3 is 24.2 Å². The van der Waals surface area contributed by atoms with Crippen LogP contribution in [0.15, 0.2) is 12.1 Å². The van der Waals surface area contributed by atoms with Gasteiger partial charge in [0.15, 0.2) is 11.5 Å². The average molecular weight is 442 g/mol. The molecule has 1 aromatic carbocycles. The van der Waals surface area contributed by atoms with Crippen molar-refractivity contribution < 1.29 is 19.3 Å². The molecule has 1 aromatic rings. The first kappa shape index (κ1) is 21.2. The van der Waals surface area contributed by atoms with E-state index in [2.05, 4.69) is 44.9 Å². The van der Waals surface area contributed by atoms with Gasteiger partial charge in [-0.1, -0.05) is 26.8 Å². The van der Waals surface area contributed by atoms with E-state index in [4.69, 9.17) is 14.2 Å². The number of piperidine rings is 1. The van der Waals surface area contributed by atoms with Crippen LogP contribution in [0, 0.1) is 16.7 Å². The van der Waals surface area contributed by atoms with Crippen molar-refractivity contribution in [2.45, 2.75) is 88.6 Å². The van der Waals surface area contributed by atoms with Crippen LogP contribution >= 0.6 is 0 Å². The first-order valence-corrected chi connectivity index (χ1v) is 12.3. The topological polar surface area (TPSA) is 51.2 Å². The van der Waals surface area contributed by atoms with Crippen LogP contribution in [0.3, 0.4) is 0 Å². The molecule has 176 valence electrons. The van der Waals surface area contributed by atoms with E-state index in [0.29, 0.717) is 6.04 Å². The Kier molecular flexibility index (Phi) is 4.00. The molecule has 2 unspecified atom stereocenters. The SMILES string of the molecule is COc1ccc2c3c1O[C@@H]1[C@]34CCN(C)[C@H](C2)[C@]42CC[C@@]1(OC)C(C(C)(O)C(C)(C)C)C2. The summed E-state index contributed by atoms with van der Waals surface area (Å²) < 4.78 is 19.4. The van der Waals surface area contributed by atoms with Gasteiger partial charge in [0.2, 0.25) is 0 Å². The zero-order chi connectivity index (χ0) is 22.9. The number of hydrogen-bond donors (Lipinski definition) is 1. The number of rotatable bonds is 3. The van der Waals surface area contributed by atoms with Crippen LogP contribution in [0.2, 0.25) is 0 Å². The fourth-order valence-corrected chi connectivity index (χ4v) is 9.01. The van der Waals surface area contributed by atoms with Crippen molar-refractivity contribution in [2.75, 3.05) is 27.8 Å². The van der Waals surface area contributed by atoms with Gasteiger partial charge in [0.1, 0.15) is 11.7 Å². The molecule has 4 fully saturated rings. The lowest BCUT2D eigenvalue weighted by Crippen LogP contribution is -2.83. The minimum Gasteiger partial charge on any atom is -0.493 e. The monoisotopic (exact) mass is 441 g/mol. The smallest absolute Gasteiger partial charge is 0.165 e. The van der Waals surface area contributed by atoms with E-state index in [1.54, 1.807) is 7.11 Å². The zero-order valence-electron chi connectivity index (χ0n) is 20.7. The molecule has 0 amide bonds. The molecular weight excluding hydrogens is 402 g/mol. The van der Waals surface area contributed by atoms with Crippen molar-refractivity contribution in [2.24, 2.45) is 16.7 Å². The molecule has 0 aromatic heterocycles. The van der Waals surface area contributed by atoms with Gasteiger partial charge in [0.05, 0.1) is 12.7 Å². The molecule has 5 nitrogen and oxygen atoms in total. The molecule has 0 radical (unpaired) electrons. The largest absolute Gasteiger partial charge is 0.493 e. The number of hydrogen-bond acceptors (Lipinski definition) is 5. The summed E-state index contributed by atoms with van der Waals surface area (Å²) in [5, 5.41) is 12.1. The number of aliphatic hydroxyl groups is 1. The van der Waals surface area contributed by atoms with Gasteiger partial charge in [-0.05, 0) is 69.7 Å². The highest BCUT2D eigenvalue weighted by atomic mass is 16.6. The van der Waals surface area contributed by atoms with Gasteiger partial charge in [-0.15, -0.1) is 0 Å². The quantitative estimate of drug-likeness (QED) is 0.770. The van der Waals surface area contributed by atoms with Gasteiger partial charge in [0, 0.05) is 35.5 Å². The summed E-state index contributed by atoms with van der Waals surface area (Å²) >= 11 is 0. The van der Waals surface area contributed by atoms with Crippen molar-refractivity contribution in [1.29, 1.82) is 0 Å². The molecule has 4 bridgehead atoms. The normalized spacial score (nSPS) is 43.4. The zero-order valence-corrected chi connectivity index (χ0v) is 20.7. The van der Waals surface area contributed by atoms with Gasteiger partial charge in [-0.25, -0.2) is 0 Å². The van der Waals surface area contributed by atoms with Crippen molar-refractivity contribution in [3.05, 3.63) is 23.3 Å². The number of likely N-dealkylation sites (tertiary alicyclic amines) is 1. The van der Waals surface area contributed by atoms with E-state index in [-0.39, 0.29) is 28.3 Å². The number of benzene rings is 1. The highest BCUT2D eigenvalue weighted by molar-refractivity contribution is 5.63. The standard InChI is InChI=1S/C27H39NO4/c1-23(2,3)24(4,29)18-15-25-10-11-27(18,31-7)22-26(25)12-13-28(5)19(25)14-16-8-9-17(30-6)21(32-22)20(16)26/h8-9,18-19,22,29H,10-15H2,1-7H3/t18?,19-,22-,24?,25-,26+,27-/m1/s1. The molecule has 7 rings (SSSR count). The van der Waals surface area contributed by atoms with Crippen molar-refractivity contribution in [3.8, 4) is 11.5 Å². The summed E-state index contributed by atoms with van der Waals surface area (Å²) in [5.41, 5.74) is 1.17. The molecule has 1 N–H and O–H groups in total. The molecule has 7 atom stereocenters. The number of ether oxygens (including phenoxy) is 3. The number of likely N-dealkylation sites (N-methyl/N-ethyl adjacent to an activating group) is 1. The van der Waals surface area contributed by atoms with E-state index in [0.717, 1.165) is 50.1 Å². The Morgan fingerprint density at radius 2 is 1.88 bits per heavy atom. The maximum atomic E-state index is 12.1. The minimum atomic E-state index is -0.882. The average Bonchev–Trinajstić information content (AvgIpc) is 3.12. The number of methoxy groups -OCH3 is 2. The Hall–Kier alpha value is -1.30. The van der Waals surface area contributed by atoms with E-state index in [1.807, 2.05) is 14.0 Å². The summed E-state index contributed by atoms with van der Waals surface area (Å²) in [4.78, 5) is 2.60. The second kappa shape index (κ2) is 6.03. The molecule has 2 heterocycles. The molecule has 32 heavy (non-hydrogen) atoms. The Morgan fingerprint density at radius 3 is 2.53 bits per heavy atom. The van der Waals surface area contributed by atoms with Crippen LogP contribution in [0.1, 0.15) is 64.5 Å². The molecule has 2 aliphatic heterocycles. The van der Waals surface area contributed by atoms with Gasteiger partial charge in [0.25, 0.3) is 0 Å². The van der Waals surface area contributed by atoms with E-state index in [1.165, 1.54) is 11.1 Å². The predicted octanol–water partition coefficient (Wildman–Crippen LogP) is 3.94. The Labute approximate surface area is 192 Å². The lowest BCUT2D eigenvalue weighted by Gasteiger charge is -2.75. The molecule has 5 heteroatoms. The third kappa shape index (κ3) is 2.01. The van der Waals surface area contributed by atoms with E-state index in [9.17, 15) is 5.11 Å². The predicted molar refractivity (Wildman–Crippen MR) is 123 cm³/mol. The highest BCUT2D eigenvalue weighted by Crippen LogP contribution is 2.77. The van der Waals surface area contributed by atoms with Gasteiger partial charge in [-0.2, -0.15) is 0 Å². The molecule has 1 saturated heterocycles. The summed E-state index contributed by atoms with van der Waals surface area (Å²) in [7, 11) is 5.89. The summed E-state index contributed by atoms with van der Waals surface area (Å²) in [5.74, 6) is 1.79. The van der Waals surface area contributed by atoms with Gasteiger partial charge in [-0.3, -0.25) is 0 Å². The van der Waals surface area contributed by atoms with Gasteiger partial charge >= 0.3 is 0 Å². The molecule has 2 spiro atoms. The summed E-state index contributed by atoms with van der Waals surface area (Å²) in [6.45, 7) is 9.59. The summed E-state index contributed by atoms with van der Waals surface area (Å²) in [6.07, 6.45) is 5.07. The highest BCUT2D eigenvalue weighted by Gasteiger charge is 2.82. The van der Waals surface area contributed by atoms with Crippen molar-refractivity contribution in [3.63, 3.8) is 0 Å². The molecule has 3 saturated carbocycles. The first-order chi connectivity index (χ1) is 15.0. The summed E-state index contributed by atoms with van der Waals surface area (Å²) in [6, 6.07) is 4.82. The number of fused-ring (bicyclic) bond motifs is 2. The Balaban J connectivity index is 1.65. The van der Waals surface area contributed by atoms with Crippen LogP contribution in [0.4, 0.5) is 0 Å². The van der Waals surface area contributed by atoms with Crippen LogP contribution in [-0.2, 0) is 16.6 Å². The second-order valence-corrected chi connectivity index (χ2v) is 12.5. The van der Waals surface area contributed by atoms with Crippen LogP contribution < -0.4 is 9.47 Å². The lowest BCUT2D eigenvalue weighted by molar-refractivity contribution is -0.311. The van der Waals surface area contributed by atoms with Crippen LogP contribution in [0.25, 0.3) is 0 Å². The number of nitrogens with zero attached hydrogens (tertiary/aromatic N) is 1. The first-order valence-electron chi connectivity index (χ1n) is 12.3. The van der Waals surface area contributed by atoms with Crippen LogP contribution in [0.5, 0.6) is 11.5 Å². The minimum absolute atomic E-state index is 0.00253. The van der Waals surface area contributed by atoms with Crippen LogP contribution in [-0.4, -0.2) is 61.2 Å².